The molecule has 0 radical (unpaired) electrons. The molecule has 1 aromatic carbocycles. The van der Waals surface area contributed by atoms with E-state index in [-0.39, 0.29) is 11.6 Å². The number of nitrogens with zero attached hydrogens (tertiary/aromatic N) is 5. The van der Waals surface area contributed by atoms with Gasteiger partial charge in [-0.1, -0.05) is 11.3 Å². The van der Waals surface area contributed by atoms with E-state index in [9.17, 15) is 9.59 Å². The third kappa shape index (κ3) is 3.26. The minimum absolute atomic E-state index is 0.00491. The Hall–Kier alpha value is -3.46. The zero-order chi connectivity index (χ0) is 20.7. The van der Waals surface area contributed by atoms with Gasteiger partial charge in [-0.3, -0.25) is 9.36 Å². The van der Waals surface area contributed by atoms with E-state index in [2.05, 4.69) is 19.9 Å². The number of thiazole rings is 1. The van der Waals surface area contributed by atoms with E-state index in [1.54, 1.807) is 52.6 Å². The maximum absolute atomic E-state index is 12.9. The first-order chi connectivity index (χ1) is 14.6. The quantitative estimate of drug-likeness (QED) is 0.550. The van der Waals surface area contributed by atoms with Crippen LogP contribution in [0.5, 0.6) is 0 Å². The summed E-state index contributed by atoms with van der Waals surface area (Å²) in [5, 5.41) is 0.951. The van der Waals surface area contributed by atoms with Crippen molar-refractivity contribution < 1.29 is 4.79 Å². The first-order valence-corrected chi connectivity index (χ1v) is 10.5. The predicted molar refractivity (Wildman–Crippen MR) is 117 cm³/mol. The highest BCUT2D eigenvalue weighted by molar-refractivity contribution is 7.21. The highest BCUT2D eigenvalue weighted by Gasteiger charge is 2.24. The van der Waals surface area contributed by atoms with Crippen molar-refractivity contribution >= 4 is 32.7 Å². The number of benzene rings is 1. The van der Waals surface area contributed by atoms with E-state index in [1.165, 1.54) is 0 Å². The normalized spacial score (nSPS) is 14.4. The Bertz CT molecular complexity index is 1230. The second-order valence-corrected chi connectivity index (χ2v) is 8.18. The third-order valence-corrected chi connectivity index (χ3v) is 6.37. The molecule has 1 aliphatic heterocycles. The van der Waals surface area contributed by atoms with Gasteiger partial charge in [0.25, 0.3) is 5.91 Å². The first kappa shape index (κ1) is 18.6. The van der Waals surface area contributed by atoms with Crippen LogP contribution >= 0.6 is 11.3 Å². The van der Waals surface area contributed by atoms with Crippen LogP contribution in [-0.4, -0.2) is 56.5 Å². The summed E-state index contributed by atoms with van der Waals surface area (Å²) in [7, 11) is 0. The van der Waals surface area contributed by atoms with Crippen molar-refractivity contribution in [2.45, 2.75) is 6.92 Å². The van der Waals surface area contributed by atoms with Gasteiger partial charge in [-0.2, -0.15) is 0 Å². The highest BCUT2D eigenvalue weighted by atomic mass is 32.1. The number of hydrogen-bond donors (Lipinski definition) is 1. The van der Waals surface area contributed by atoms with Gasteiger partial charge in [-0.05, 0) is 43.3 Å². The van der Waals surface area contributed by atoms with Gasteiger partial charge in [0.2, 0.25) is 0 Å². The van der Waals surface area contributed by atoms with Crippen LogP contribution in [0, 0.1) is 6.92 Å². The molecule has 8 nitrogen and oxygen atoms in total. The number of aryl methyl sites for hydroxylation is 1. The van der Waals surface area contributed by atoms with Crippen LogP contribution in [-0.2, 0) is 0 Å². The van der Waals surface area contributed by atoms with Crippen molar-refractivity contribution in [3.63, 3.8) is 0 Å². The summed E-state index contributed by atoms with van der Waals surface area (Å²) in [4.78, 5) is 41.6. The lowest BCUT2D eigenvalue weighted by atomic mass is 10.1. The molecule has 0 aliphatic carbocycles. The van der Waals surface area contributed by atoms with Gasteiger partial charge in [-0.15, -0.1) is 0 Å². The van der Waals surface area contributed by atoms with E-state index in [0.717, 1.165) is 39.9 Å². The van der Waals surface area contributed by atoms with E-state index < -0.39 is 0 Å². The molecule has 4 aromatic rings. The molecule has 30 heavy (non-hydrogen) atoms. The minimum Gasteiger partial charge on any atom is -0.344 e. The molecule has 9 heteroatoms. The molecule has 4 heterocycles. The van der Waals surface area contributed by atoms with Gasteiger partial charge < -0.3 is 14.8 Å². The van der Waals surface area contributed by atoms with Gasteiger partial charge >= 0.3 is 5.69 Å². The lowest BCUT2D eigenvalue weighted by molar-refractivity contribution is 0.0747. The van der Waals surface area contributed by atoms with Crippen LogP contribution in [0.15, 0.2) is 53.6 Å². The first-order valence-electron chi connectivity index (χ1n) is 9.73. The molecule has 1 fully saturated rings. The van der Waals surface area contributed by atoms with Crippen molar-refractivity contribution in [1.82, 2.24) is 24.4 Å². The summed E-state index contributed by atoms with van der Waals surface area (Å²) < 4.78 is 1.58. The minimum atomic E-state index is -0.187. The number of fused-ring (bicyclic) bond motifs is 1. The van der Waals surface area contributed by atoms with Gasteiger partial charge in [0, 0.05) is 49.8 Å². The SMILES string of the molecule is Cc1c[nH]c(=O)n1-c1ccc(C(=O)N2CCN(c3nc4cccnc4s3)CC2)cc1. The molecule has 0 atom stereocenters. The Kier molecular flexibility index (Phi) is 4.59. The number of anilines is 1. The number of pyridine rings is 1. The number of aromatic amines is 1. The highest BCUT2D eigenvalue weighted by Crippen LogP contribution is 2.27. The largest absolute Gasteiger partial charge is 0.344 e. The molecule has 1 aliphatic rings. The number of aromatic nitrogens is 4. The van der Waals surface area contributed by atoms with Crippen LogP contribution < -0.4 is 10.6 Å². The number of rotatable bonds is 3. The molecule has 5 rings (SSSR count). The second kappa shape index (κ2) is 7.42. The van der Waals surface area contributed by atoms with Gasteiger partial charge in [-0.25, -0.2) is 14.8 Å². The van der Waals surface area contributed by atoms with Crippen LogP contribution in [0.4, 0.5) is 5.13 Å². The fourth-order valence-corrected chi connectivity index (χ4v) is 4.67. The lowest BCUT2D eigenvalue weighted by Gasteiger charge is -2.34. The van der Waals surface area contributed by atoms with E-state index >= 15 is 0 Å². The van der Waals surface area contributed by atoms with Crippen molar-refractivity contribution in [3.8, 4) is 5.69 Å². The summed E-state index contributed by atoms with van der Waals surface area (Å²) in [6.45, 7) is 4.61. The van der Waals surface area contributed by atoms with E-state index in [4.69, 9.17) is 0 Å². The smallest absolute Gasteiger partial charge is 0.330 e. The summed E-state index contributed by atoms with van der Waals surface area (Å²) in [6, 6.07) is 11.0. The number of nitrogens with one attached hydrogen (secondary N) is 1. The number of carbonyl (C=O) groups is 1. The standard InChI is InChI=1S/C21H20N6O2S/c1-14-13-23-20(29)27(14)16-6-4-15(5-7-16)19(28)25-9-11-26(12-10-25)21-24-17-3-2-8-22-18(17)30-21/h2-8,13H,9-12H2,1H3,(H,23,29). The molecular formula is C21H20N6O2S. The monoisotopic (exact) mass is 420 g/mol. The van der Waals surface area contributed by atoms with Gasteiger partial charge in [0.05, 0.1) is 5.69 Å². The molecule has 152 valence electrons. The number of imidazole rings is 1. The fourth-order valence-electron chi connectivity index (χ4n) is 3.71. The molecule has 1 saturated heterocycles. The summed E-state index contributed by atoms with van der Waals surface area (Å²) in [5.74, 6) is 0.00491. The topological polar surface area (TPSA) is 87.1 Å². The molecule has 0 spiro atoms. The van der Waals surface area contributed by atoms with Crippen molar-refractivity contribution in [3.05, 3.63) is 70.5 Å². The molecule has 0 unspecified atom stereocenters. The fraction of sp³-hybridized carbons (Fsp3) is 0.238. The number of hydrogen-bond acceptors (Lipinski definition) is 6. The van der Waals surface area contributed by atoms with Crippen LogP contribution in [0.2, 0.25) is 0 Å². The Labute approximate surface area is 176 Å². The maximum atomic E-state index is 12.9. The number of carbonyl (C=O) groups excluding carboxylic acids is 1. The molecule has 0 saturated carbocycles. The molecule has 0 bridgehead atoms. The van der Waals surface area contributed by atoms with Crippen molar-refractivity contribution in [1.29, 1.82) is 0 Å². The Balaban J connectivity index is 1.27. The molecular weight excluding hydrogens is 400 g/mol. The zero-order valence-corrected chi connectivity index (χ0v) is 17.2. The molecule has 1 N–H and O–H groups in total. The van der Waals surface area contributed by atoms with Crippen LogP contribution in [0.1, 0.15) is 16.1 Å². The Morgan fingerprint density at radius 2 is 1.87 bits per heavy atom. The number of H-pyrrole nitrogens is 1. The van der Waals surface area contributed by atoms with Gasteiger partial charge in [0.1, 0.15) is 10.3 Å². The van der Waals surface area contributed by atoms with Crippen LogP contribution in [0.25, 0.3) is 16.0 Å². The average Bonchev–Trinajstić information content (AvgIpc) is 3.36. The Morgan fingerprint density at radius 1 is 1.10 bits per heavy atom. The molecule has 1 amide bonds. The molecule has 3 aromatic heterocycles. The maximum Gasteiger partial charge on any atom is 0.330 e. The Morgan fingerprint density at radius 3 is 2.53 bits per heavy atom. The zero-order valence-electron chi connectivity index (χ0n) is 16.4. The second-order valence-electron chi connectivity index (χ2n) is 7.22. The third-order valence-electron chi connectivity index (χ3n) is 5.33. The van der Waals surface area contributed by atoms with Crippen molar-refractivity contribution in [2.24, 2.45) is 0 Å². The summed E-state index contributed by atoms with van der Waals surface area (Å²) >= 11 is 1.58. The summed E-state index contributed by atoms with van der Waals surface area (Å²) in [6.07, 6.45) is 3.45. The number of piperazine rings is 1. The average molecular weight is 420 g/mol. The predicted octanol–water partition coefficient (Wildman–Crippen LogP) is 2.44. The van der Waals surface area contributed by atoms with E-state index in [1.807, 2.05) is 24.0 Å². The lowest BCUT2D eigenvalue weighted by Crippen LogP contribution is -2.48. The van der Waals surface area contributed by atoms with Gasteiger partial charge in [0.15, 0.2) is 5.13 Å². The summed E-state index contributed by atoms with van der Waals surface area (Å²) in [5.41, 5.74) is 2.91. The van der Waals surface area contributed by atoms with E-state index in [0.29, 0.717) is 18.7 Å². The van der Waals surface area contributed by atoms with Crippen LogP contribution in [0.3, 0.4) is 0 Å². The van der Waals surface area contributed by atoms with Crippen molar-refractivity contribution in [2.75, 3.05) is 31.1 Å². The number of amides is 1.